The van der Waals surface area contributed by atoms with Crippen LogP contribution in [0.15, 0.2) is 40.9 Å². The number of phenols is 1. The van der Waals surface area contributed by atoms with Crippen LogP contribution in [-0.2, 0) is 0 Å². The van der Waals surface area contributed by atoms with Gasteiger partial charge >= 0.3 is 0 Å². The Labute approximate surface area is 125 Å². The lowest BCUT2D eigenvalue weighted by Gasteiger charge is -2.10. The fourth-order valence-corrected chi connectivity index (χ4v) is 2.26. The SMILES string of the molecule is COc1ccc(O)c(C(=O)Nc2ccc(Br)cc2C)c1. The third-order valence-electron chi connectivity index (χ3n) is 2.88. The van der Waals surface area contributed by atoms with Crippen molar-refractivity contribution < 1.29 is 14.6 Å². The topological polar surface area (TPSA) is 58.6 Å². The van der Waals surface area contributed by atoms with E-state index in [0.29, 0.717) is 11.4 Å². The molecule has 0 bridgehead atoms. The summed E-state index contributed by atoms with van der Waals surface area (Å²) in [6.45, 7) is 1.89. The third-order valence-corrected chi connectivity index (χ3v) is 3.38. The summed E-state index contributed by atoms with van der Waals surface area (Å²) in [5.41, 5.74) is 1.79. The molecule has 0 fully saturated rings. The van der Waals surface area contributed by atoms with Crippen LogP contribution in [0.5, 0.6) is 11.5 Å². The monoisotopic (exact) mass is 335 g/mol. The molecule has 0 spiro atoms. The van der Waals surface area contributed by atoms with Crippen LogP contribution in [-0.4, -0.2) is 18.1 Å². The fraction of sp³-hybridized carbons (Fsp3) is 0.133. The van der Waals surface area contributed by atoms with Crippen molar-refractivity contribution in [2.75, 3.05) is 12.4 Å². The number of ether oxygens (including phenoxy) is 1. The fourth-order valence-electron chi connectivity index (χ4n) is 1.78. The Balaban J connectivity index is 2.28. The Morgan fingerprint density at radius 3 is 2.65 bits per heavy atom. The van der Waals surface area contributed by atoms with Crippen molar-refractivity contribution in [1.29, 1.82) is 0 Å². The molecule has 20 heavy (non-hydrogen) atoms. The molecular formula is C15H14BrNO3. The average molecular weight is 336 g/mol. The lowest BCUT2D eigenvalue weighted by atomic mass is 10.1. The Morgan fingerprint density at radius 2 is 2.00 bits per heavy atom. The van der Waals surface area contributed by atoms with Gasteiger partial charge in [0.2, 0.25) is 0 Å². The van der Waals surface area contributed by atoms with Gasteiger partial charge in [0, 0.05) is 10.2 Å². The molecule has 0 saturated heterocycles. The second kappa shape index (κ2) is 5.96. The zero-order valence-corrected chi connectivity index (χ0v) is 12.7. The predicted octanol–water partition coefficient (Wildman–Crippen LogP) is 3.72. The van der Waals surface area contributed by atoms with Gasteiger partial charge < -0.3 is 15.2 Å². The Morgan fingerprint density at radius 1 is 1.25 bits per heavy atom. The van der Waals surface area contributed by atoms with Gasteiger partial charge in [0.25, 0.3) is 5.91 Å². The maximum absolute atomic E-state index is 12.2. The van der Waals surface area contributed by atoms with Crippen LogP contribution in [0.1, 0.15) is 15.9 Å². The molecule has 0 atom stereocenters. The van der Waals surface area contributed by atoms with Crippen molar-refractivity contribution in [3.8, 4) is 11.5 Å². The number of carbonyl (C=O) groups excluding carboxylic acids is 1. The minimum Gasteiger partial charge on any atom is -0.507 e. The highest BCUT2D eigenvalue weighted by molar-refractivity contribution is 9.10. The number of hydrogen-bond donors (Lipinski definition) is 2. The number of halogens is 1. The summed E-state index contributed by atoms with van der Waals surface area (Å²) in [6, 6.07) is 10.1. The smallest absolute Gasteiger partial charge is 0.259 e. The maximum atomic E-state index is 12.2. The van der Waals surface area contributed by atoms with Crippen LogP contribution in [0, 0.1) is 6.92 Å². The number of hydrogen-bond acceptors (Lipinski definition) is 3. The zero-order valence-electron chi connectivity index (χ0n) is 11.1. The van der Waals surface area contributed by atoms with E-state index in [1.54, 1.807) is 12.1 Å². The van der Waals surface area contributed by atoms with E-state index in [-0.39, 0.29) is 17.2 Å². The lowest BCUT2D eigenvalue weighted by molar-refractivity contribution is 0.102. The van der Waals surface area contributed by atoms with Gasteiger partial charge in [-0.1, -0.05) is 15.9 Å². The number of methoxy groups -OCH3 is 1. The minimum absolute atomic E-state index is 0.0851. The average Bonchev–Trinajstić information content (AvgIpc) is 2.42. The van der Waals surface area contributed by atoms with Crippen molar-refractivity contribution in [1.82, 2.24) is 0 Å². The van der Waals surface area contributed by atoms with Crippen LogP contribution >= 0.6 is 15.9 Å². The zero-order chi connectivity index (χ0) is 14.7. The van der Waals surface area contributed by atoms with Crippen molar-refractivity contribution in [3.63, 3.8) is 0 Å². The normalized spacial score (nSPS) is 10.2. The summed E-state index contributed by atoms with van der Waals surface area (Å²) in [7, 11) is 1.51. The standard InChI is InChI=1S/C15H14BrNO3/c1-9-7-10(16)3-5-13(9)17-15(19)12-8-11(20-2)4-6-14(12)18/h3-8,18H,1-2H3,(H,17,19). The maximum Gasteiger partial charge on any atom is 0.259 e. The molecule has 0 heterocycles. The number of aryl methyl sites for hydroxylation is 1. The van der Waals surface area contributed by atoms with Gasteiger partial charge in [-0.2, -0.15) is 0 Å². The summed E-state index contributed by atoms with van der Waals surface area (Å²) in [4.78, 5) is 12.2. The Bertz CT molecular complexity index is 656. The summed E-state index contributed by atoms with van der Waals surface area (Å²) >= 11 is 3.37. The molecule has 0 saturated carbocycles. The molecule has 5 heteroatoms. The highest BCUT2D eigenvalue weighted by Gasteiger charge is 2.13. The van der Waals surface area contributed by atoms with E-state index in [4.69, 9.17) is 4.74 Å². The molecule has 0 aliphatic carbocycles. The number of carbonyl (C=O) groups is 1. The molecule has 2 N–H and O–H groups in total. The summed E-state index contributed by atoms with van der Waals surface area (Å²) in [5, 5.41) is 12.5. The summed E-state index contributed by atoms with van der Waals surface area (Å²) in [6.07, 6.45) is 0. The third kappa shape index (κ3) is 3.11. The largest absolute Gasteiger partial charge is 0.507 e. The lowest BCUT2D eigenvalue weighted by Crippen LogP contribution is -2.13. The van der Waals surface area contributed by atoms with Gasteiger partial charge in [-0.3, -0.25) is 4.79 Å². The van der Waals surface area contributed by atoms with E-state index in [1.807, 2.05) is 19.1 Å². The van der Waals surface area contributed by atoms with Crippen LogP contribution in [0.25, 0.3) is 0 Å². The molecule has 0 aliphatic rings. The first-order chi connectivity index (χ1) is 9.51. The first-order valence-corrected chi connectivity index (χ1v) is 6.75. The summed E-state index contributed by atoms with van der Waals surface area (Å²) < 4.78 is 5.99. The molecular weight excluding hydrogens is 322 g/mol. The first kappa shape index (κ1) is 14.4. The first-order valence-electron chi connectivity index (χ1n) is 5.96. The number of rotatable bonds is 3. The number of benzene rings is 2. The number of phenolic OH excluding ortho intramolecular Hbond substituents is 1. The van der Waals surface area contributed by atoms with Crippen LogP contribution in [0.4, 0.5) is 5.69 Å². The Hall–Kier alpha value is -2.01. The second-order valence-corrected chi connectivity index (χ2v) is 5.21. The van der Waals surface area contributed by atoms with Gasteiger partial charge in [-0.05, 0) is 48.9 Å². The van der Waals surface area contributed by atoms with E-state index in [9.17, 15) is 9.90 Å². The molecule has 1 amide bonds. The van der Waals surface area contributed by atoms with E-state index >= 15 is 0 Å². The molecule has 0 aliphatic heterocycles. The molecule has 2 aromatic carbocycles. The van der Waals surface area contributed by atoms with E-state index < -0.39 is 0 Å². The molecule has 2 rings (SSSR count). The molecule has 0 radical (unpaired) electrons. The molecule has 4 nitrogen and oxygen atoms in total. The quantitative estimate of drug-likeness (QED) is 0.898. The molecule has 104 valence electrons. The Kier molecular flexibility index (Phi) is 4.29. The van der Waals surface area contributed by atoms with Gasteiger partial charge in [-0.25, -0.2) is 0 Å². The van der Waals surface area contributed by atoms with Crippen molar-refractivity contribution in [2.45, 2.75) is 6.92 Å². The van der Waals surface area contributed by atoms with Crippen LogP contribution in [0.3, 0.4) is 0 Å². The number of amides is 1. The number of nitrogens with one attached hydrogen (secondary N) is 1. The van der Waals surface area contributed by atoms with Gasteiger partial charge in [0.15, 0.2) is 0 Å². The van der Waals surface area contributed by atoms with Crippen LogP contribution in [0.2, 0.25) is 0 Å². The van der Waals surface area contributed by atoms with Gasteiger partial charge in [-0.15, -0.1) is 0 Å². The van der Waals surface area contributed by atoms with E-state index in [0.717, 1.165) is 10.0 Å². The number of aromatic hydroxyl groups is 1. The van der Waals surface area contributed by atoms with E-state index in [2.05, 4.69) is 21.2 Å². The van der Waals surface area contributed by atoms with Crippen molar-refractivity contribution in [2.24, 2.45) is 0 Å². The van der Waals surface area contributed by atoms with Crippen molar-refractivity contribution in [3.05, 3.63) is 52.0 Å². The van der Waals surface area contributed by atoms with Crippen molar-refractivity contribution >= 4 is 27.5 Å². The van der Waals surface area contributed by atoms with Gasteiger partial charge in [0.1, 0.15) is 11.5 Å². The predicted molar refractivity (Wildman–Crippen MR) is 81.5 cm³/mol. The highest BCUT2D eigenvalue weighted by atomic mass is 79.9. The highest BCUT2D eigenvalue weighted by Crippen LogP contribution is 2.25. The van der Waals surface area contributed by atoms with E-state index in [1.165, 1.54) is 19.2 Å². The molecule has 0 aromatic heterocycles. The molecule has 2 aromatic rings. The summed E-state index contributed by atoms with van der Waals surface area (Å²) in [5.74, 6) is 0.0466. The second-order valence-electron chi connectivity index (χ2n) is 4.30. The molecule has 0 unspecified atom stereocenters. The van der Waals surface area contributed by atoms with Crippen LogP contribution < -0.4 is 10.1 Å². The minimum atomic E-state index is -0.383. The number of anilines is 1. The van der Waals surface area contributed by atoms with Gasteiger partial charge in [0.05, 0.1) is 12.7 Å².